The molecule has 0 atom stereocenters. The molecular weight excluding hydrogens is 262 g/mol. The van der Waals surface area contributed by atoms with Gasteiger partial charge in [0.05, 0.1) is 11.5 Å². The Morgan fingerprint density at radius 1 is 1.15 bits per heavy atom. The van der Waals surface area contributed by atoms with E-state index in [1.807, 2.05) is 25.7 Å². The maximum absolute atomic E-state index is 11.4. The van der Waals surface area contributed by atoms with Crippen LogP contribution in [-0.2, 0) is 0 Å². The Kier molecular flexibility index (Phi) is 6.10. The van der Waals surface area contributed by atoms with Crippen molar-refractivity contribution in [2.45, 2.75) is 20.8 Å². The molecule has 0 saturated carbocycles. The zero-order valence-electron chi connectivity index (χ0n) is 12.1. The first-order valence-electron chi connectivity index (χ1n) is 6.70. The van der Waals surface area contributed by atoms with Crippen molar-refractivity contribution in [2.24, 2.45) is 0 Å². The topological polar surface area (TPSA) is 95.6 Å². The number of aliphatic hydroxyl groups is 1. The van der Waals surface area contributed by atoms with E-state index in [-0.39, 0.29) is 18.1 Å². The summed E-state index contributed by atoms with van der Waals surface area (Å²) in [6.07, 6.45) is 1.33. The monoisotopic (exact) mass is 283 g/mol. The molecule has 1 heterocycles. The standard InChI is InChI=1S/C12H21N5O3/c1-4-15(5-2)11-10(17(19)20)12(14-9-13-11)16(6-3)7-8-18/h9,18H,4-8H2,1-3H3. The van der Waals surface area contributed by atoms with Crippen molar-refractivity contribution in [2.75, 3.05) is 42.6 Å². The molecule has 1 rings (SSSR count). The van der Waals surface area contributed by atoms with Crippen LogP contribution < -0.4 is 9.80 Å². The number of hydrogen-bond donors (Lipinski definition) is 1. The lowest BCUT2D eigenvalue weighted by Crippen LogP contribution is -2.30. The zero-order valence-corrected chi connectivity index (χ0v) is 12.1. The number of hydrogen-bond acceptors (Lipinski definition) is 7. The third kappa shape index (κ3) is 3.32. The van der Waals surface area contributed by atoms with Crippen molar-refractivity contribution < 1.29 is 10.0 Å². The predicted octanol–water partition coefficient (Wildman–Crippen LogP) is 1.05. The summed E-state index contributed by atoms with van der Waals surface area (Å²) in [5.41, 5.74) is -0.105. The van der Waals surface area contributed by atoms with Crippen LogP contribution in [-0.4, -0.2) is 52.8 Å². The van der Waals surface area contributed by atoms with Crippen LogP contribution in [0, 0.1) is 10.1 Å². The number of likely N-dealkylation sites (N-methyl/N-ethyl adjacent to an activating group) is 1. The molecule has 1 aromatic rings. The minimum absolute atomic E-state index is 0.0877. The normalized spacial score (nSPS) is 10.4. The molecule has 0 saturated heterocycles. The fourth-order valence-corrected chi connectivity index (χ4v) is 2.04. The molecule has 0 unspecified atom stereocenters. The first kappa shape index (κ1) is 16.1. The van der Waals surface area contributed by atoms with Gasteiger partial charge in [-0.2, -0.15) is 0 Å². The van der Waals surface area contributed by atoms with Gasteiger partial charge in [-0.15, -0.1) is 0 Å². The quantitative estimate of drug-likeness (QED) is 0.562. The molecule has 8 nitrogen and oxygen atoms in total. The Hall–Kier alpha value is -1.96. The van der Waals surface area contributed by atoms with Gasteiger partial charge in [0.25, 0.3) is 0 Å². The summed E-state index contributed by atoms with van der Waals surface area (Å²) in [5, 5.41) is 20.5. The second kappa shape index (κ2) is 7.59. The van der Waals surface area contributed by atoms with Crippen LogP contribution in [0.3, 0.4) is 0 Å². The minimum atomic E-state index is -0.455. The number of aliphatic hydroxyl groups excluding tert-OH is 1. The number of rotatable bonds is 8. The first-order chi connectivity index (χ1) is 9.60. The maximum Gasteiger partial charge on any atom is 0.353 e. The third-order valence-corrected chi connectivity index (χ3v) is 3.08. The summed E-state index contributed by atoms with van der Waals surface area (Å²) in [4.78, 5) is 22.5. The van der Waals surface area contributed by atoms with Crippen LogP contribution in [0.1, 0.15) is 20.8 Å². The van der Waals surface area contributed by atoms with Gasteiger partial charge in [0, 0.05) is 26.2 Å². The number of anilines is 2. The van der Waals surface area contributed by atoms with Crippen LogP contribution in [0.25, 0.3) is 0 Å². The lowest BCUT2D eigenvalue weighted by Gasteiger charge is -2.24. The lowest BCUT2D eigenvalue weighted by molar-refractivity contribution is -0.383. The second-order valence-corrected chi connectivity index (χ2v) is 4.10. The molecule has 1 N–H and O–H groups in total. The Bertz CT molecular complexity index is 451. The fourth-order valence-electron chi connectivity index (χ4n) is 2.04. The van der Waals surface area contributed by atoms with Crippen molar-refractivity contribution in [1.29, 1.82) is 0 Å². The second-order valence-electron chi connectivity index (χ2n) is 4.10. The predicted molar refractivity (Wildman–Crippen MR) is 77.2 cm³/mol. The van der Waals surface area contributed by atoms with E-state index >= 15 is 0 Å². The van der Waals surface area contributed by atoms with Gasteiger partial charge in [0.1, 0.15) is 6.33 Å². The van der Waals surface area contributed by atoms with Gasteiger partial charge in [-0.3, -0.25) is 10.1 Å². The SMILES string of the molecule is CCN(CC)c1ncnc(N(CC)CCO)c1[N+](=O)[O-]. The molecule has 8 heteroatoms. The lowest BCUT2D eigenvalue weighted by atomic mass is 10.3. The average Bonchev–Trinajstić information content (AvgIpc) is 2.45. The summed E-state index contributed by atoms with van der Waals surface area (Å²) in [6.45, 7) is 7.68. The van der Waals surface area contributed by atoms with Crippen LogP contribution in [0.4, 0.5) is 17.3 Å². The van der Waals surface area contributed by atoms with Crippen LogP contribution in [0.5, 0.6) is 0 Å². The molecule has 20 heavy (non-hydrogen) atoms. The molecule has 0 amide bonds. The summed E-state index contributed by atoms with van der Waals surface area (Å²) in [7, 11) is 0. The van der Waals surface area contributed by atoms with Crippen LogP contribution in [0.2, 0.25) is 0 Å². The number of aromatic nitrogens is 2. The van der Waals surface area contributed by atoms with E-state index in [1.54, 1.807) is 4.90 Å². The smallest absolute Gasteiger partial charge is 0.353 e. The van der Waals surface area contributed by atoms with Gasteiger partial charge >= 0.3 is 5.69 Å². The van der Waals surface area contributed by atoms with E-state index in [1.165, 1.54) is 6.33 Å². The average molecular weight is 283 g/mol. The Labute approximate surface area is 118 Å². The highest BCUT2D eigenvalue weighted by Gasteiger charge is 2.28. The maximum atomic E-state index is 11.4. The molecule has 0 aliphatic carbocycles. The van der Waals surface area contributed by atoms with Gasteiger partial charge < -0.3 is 14.9 Å². The summed E-state index contributed by atoms with van der Waals surface area (Å²) >= 11 is 0. The van der Waals surface area contributed by atoms with E-state index in [0.29, 0.717) is 32.0 Å². The van der Waals surface area contributed by atoms with Crippen molar-refractivity contribution >= 4 is 17.3 Å². The zero-order chi connectivity index (χ0) is 15.1. The molecule has 0 aliphatic rings. The molecule has 0 radical (unpaired) electrons. The molecular formula is C12H21N5O3. The van der Waals surface area contributed by atoms with Gasteiger partial charge in [0.15, 0.2) is 0 Å². The van der Waals surface area contributed by atoms with Crippen molar-refractivity contribution in [1.82, 2.24) is 9.97 Å². The minimum Gasteiger partial charge on any atom is -0.395 e. The van der Waals surface area contributed by atoms with Crippen LogP contribution in [0.15, 0.2) is 6.33 Å². The number of nitrogens with zero attached hydrogens (tertiary/aromatic N) is 5. The fraction of sp³-hybridized carbons (Fsp3) is 0.667. The molecule has 0 bridgehead atoms. The molecule has 112 valence electrons. The first-order valence-corrected chi connectivity index (χ1v) is 6.70. The van der Waals surface area contributed by atoms with E-state index < -0.39 is 4.92 Å². The Morgan fingerprint density at radius 2 is 1.65 bits per heavy atom. The molecule has 1 aromatic heterocycles. The van der Waals surface area contributed by atoms with Crippen LogP contribution >= 0.6 is 0 Å². The van der Waals surface area contributed by atoms with E-state index in [9.17, 15) is 10.1 Å². The largest absolute Gasteiger partial charge is 0.395 e. The molecule has 0 fully saturated rings. The Balaban J connectivity index is 3.37. The van der Waals surface area contributed by atoms with Gasteiger partial charge in [-0.05, 0) is 20.8 Å². The van der Waals surface area contributed by atoms with Crippen molar-refractivity contribution in [3.8, 4) is 0 Å². The van der Waals surface area contributed by atoms with E-state index in [0.717, 1.165) is 0 Å². The van der Waals surface area contributed by atoms with E-state index in [4.69, 9.17) is 5.11 Å². The molecule has 0 spiro atoms. The Morgan fingerprint density at radius 3 is 2.05 bits per heavy atom. The van der Waals surface area contributed by atoms with Gasteiger partial charge in [-0.1, -0.05) is 0 Å². The highest BCUT2D eigenvalue weighted by molar-refractivity contribution is 5.71. The molecule has 0 aromatic carbocycles. The van der Waals surface area contributed by atoms with Gasteiger partial charge in [0.2, 0.25) is 11.6 Å². The van der Waals surface area contributed by atoms with Crippen molar-refractivity contribution in [3.05, 3.63) is 16.4 Å². The summed E-state index contributed by atoms with van der Waals surface area (Å²) in [5.74, 6) is 0.574. The number of nitro groups is 1. The molecule has 0 aliphatic heterocycles. The van der Waals surface area contributed by atoms with E-state index in [2.05, 4.69) is 9.97 Å². The summed E-state index contributed by atoms with van der Waals surface area (Å²) < 4.78 is 0. The highest BCUT2D eigenvalue weighted by atomic mass is 16.6. The summed E-state index contributed by atoms with van der Waals surface area (Å²) in [6, 6.07) is 0. The third-order valence-electron chi connectivity index (χ3n) is 3.08. The van der Waals surface area contributed by atoms with Gasteiger partial charge in [-0.25, -0.2) is 9.97 Å². The highest BCUT2D eigenvalue weighted by Crippen LogP contribution is 2.33. The van der Waals surface area contributed by atoms with Crippen molar-refractivity contribution in [3.63, 3.8) is 0 Å².